The van der Waals surface area contributed by atoms with Crippen molar-refractivity contribution in [2.45, 2.75) is 19.9 Å². The first-order valence-electron chi connectivity index (χ1n) is 5.67. The maximum absolute atomic E-state index is 10.1. The smallest absolute Gasteiger partial charge is 0.134 e. The monoisotopic (exact) mass is 320 g/mol. The van der Waals surface area contributed by atoms with Crippen LogP contribution in [0.15, 0.2) is 16.6 Å². The number of likely N-dealkylation sites (N-methyl/N-ethyl adjacent to an activating group) is 1. The lowest BCUT2D eigenvalue weighted by Crippen LogP contribution is -2.33. The van der Waals surface area contributed by atoms with Gasteiger partial charge >= 0.3 is 0 Å². The summed E-state index contributed by atoms with van der Waals surface area (Å²) in [6, 6.07) is 3.44. The molecule has 1 aromatic rings. The van der Waals surface area contributed by atoms with Crippen molar-refractivity contribution in [2.24, 2.45) is 5.73 Å². The van der Waals surface area contributed by atoms with Crippen molar-refractivity contribution in [3.8, 4) is 5.75 Å². The van der Waals surface area contributed by atoms with E-state index in [-0.39, 0.29) is 11.8 Å². The second kappa shape index (κ2) is 6.59. The third-order valence-electron chi connectivity index (χ3n) is 2.89. The zero-order chi connectivity index (χ0) is 13.0. The van der Waals surface area contributed by atoms with Gasteiger partial charge in [-0.3, -0.25) is 4.90 Å². The van der Waals surface area contributed by atoms with Crippen molar-refractivity contribution < 1.29 is 5.11 Å². The average molecular weight is 322 g/mol. The Hall–Kier alpha value is -0.290. The van der Waals surface area contributed by atoms with Crippen molar-refractivity contribution in [1.82, 2.24) is 4.90 Å². The molecule has 1 unspecified atom stereocenters. The topological polar surface area (TPSA) is 49.5 Å². The van der Waals surface area contributed by atoms with Crippen LogP contribution in [0.1, 0.15) is 25.5 Å². The Morgan fingerprint density at radius 2 is 2.00 bits per heavy atom. The molecule has 0 aliphatic carbocycles. The molecule has 3 N–H and O–H groups in total. The minimum Gasteiger partial charge on any atom is -0.506 e. The average Bonchev–Trinajstić information content (AvgIpc) is 2.31. The van der Waals surface area contributed by atoms with Gasteiger partial charge in [-0.05, 0) is 41.2 Å². The van der Waals surface area contributed by atoms with Crippen LogP contribution in [0.25, 0.3) is 0 Å². The fraction of sp³-hybridized carbons (Fsp3) is 0.500. The molecule has 1 aromatic carbocycles. The molecule has 0 aliphatic heterocycles. The number of hydrogen-bond donors (Lipinski definition) is 2. The Morgan fingerprint density at radius 1 is 1.41 bits per heavy atom. The van der Waals surface area contributed by atoms with Gasteiger partial charge in [0.05, 0.1) is 10.5 Å². The van der Waals surface area contributed by atoms with Crippen LogP contribution >= 0.6 is 27.5 Å². The number of halogens is 2. The number of aromatic hydroxyl groups is 1. The van der Waals surface area contributed by atoms with Gasteiger partial charge in [0.1, 0.15) is 5.75 Å². The van der Waals surface area contributed by atoms with E-state index in [0.29, 0.717) is 16.0 Å². The summed E-state index contributed by atoms with van der Waals surface area (Å²) in [7, 11) is 0. The molecule has 0 saturated carbocycles. The number of phenols is 1. The summed E-state index contributed by atoms with van der Waals surface area (Å²) in [6.45, 7) is 6.34. The molecule has 0 saturated heterocycles. The number of nitrogens with zero attached hydrogens (tertiary/aromatic N) is 1. The van der Waals surface area contributed by atoms with Gasteiger partial charge in [-0.1, -0.05) is 25.4 Å². The molecule has 0 aromatic heterocycles. The van der Waals surface area contributed by atoms with E-state index in [9.17, 15) is 5.11 Å². The fourth-order valence-corrected chi connectivity index (χ4v) is 2.81. The molecule has 5 heteroatoms. The highest BCUT2D eigenvalue weighted by Gasteiger charge is 2.21. The second-order valence-corrected chi connectivity index (χ2v) is 5.09. The molecular weight excluding hydrogens is 304 g/mol. The van der Waals surface area contributed by atoms with Gasteiger partial charge in [0.25, 0.3) is 0 Å². The molecule has 1 rings (SSSR count). The summed E-state index contributed by atoms with van der Waals surface area (Å²) in [6.07, 6.45) is 0. The van der Waals surface area contributed by atoms with Crippen molar-refractivity contribution in [3.05, 3.63) is 27.2 Å². The normalized spacial score (nSPS) is 13.1. The number of benzene rings is 1. The van der Waals surface area contributed by atoms with Crippen molar-refractivity contribution >= 4 is 27.5 Å². The van der Waals surface area contributed by atoms with Gasteiger partial charge in [-0.2, -0.15) is 0 Å². The molecule has 17 heavy (non-hydrogen) atoms. The van der Waals surface area contributed by atoms with E-state index in [2.05, 4.69) is 34.7 Å². The Bertz CT molecular complexity index is 383. The van der Waals surface area contributed by atoms with Crippen LogP contribution in [-0.4, -0.2) is 29.6 Å². The second-order valence-electron chi connectivity index (χ2n) is 3.80. The molecule has 0 heterocycles. The van der Waals surface area contributed by atoms with E-state index in [1.807, 2.05) is 0 Å². The van der Waals surface area contributed by atoms with Crippen molar-refractivity contribution in [2.75, 3.05) is 19.6 Å². The predicted octanol–water partition coefficient (Wildman–Crippen LogP) is 3.15. The van der Waals surface area contributed by atoms with Crippen LogP contribution in [0.5, 0.6) is 5.75 Å². The van der Waals surface area contributed by atoms with Crippen LogP contribution < -0.4 is 5.73 Å². The van der Waals surface area contributed by atoms with E-state index in [1.54, 1.807) is 12.1 Å². The Morgan fingerprint density at radius 3 is 2.47 bits per heavy atom. The quantitative estimate of drug-likeness (QED) is 0.876. The SMILES string of the molecule is CCN(CC)C(CN)c1cc(Cl)cc(Br)c1O. The number of phenolic OH excluding ortho intramolecular Hbond substituents is 1. The van der Waals surface area contributed by atoms with Gasteiger partial charge in [-0.15, -0.1) is 0 Å². The number of hydrogen-bond acceptors (Lipinski definition) is 3. The molecule has 1 atom stereocenters. The summed E-state index contributed by atoms with van der Waals surface area (Å²) < 4.78 is 0.602. The van der Waals surface area contributed by atoms with Crippen LogP contribution in [0, 0.1) is 0 Å². The van der Waals surface area contributed by atoms with Crippen molar-refractivity contribution in [3.63, 3.8) is 0 Å². The largest absolute Gasteiger partial charge is 0.506 e. The molecule has 0 radical (unpaired) electrons. The first-order valence-corrected chi connectivity index (χ1v) is 6.84. The lowest BCUT2D eigenvalue weighted by Gasteiger charge is -2.29. The fourth-order valence-electron chi connectivity index (χ4n) is 1.98. The molecule has 96 valence electrons. The maximum Gasteiger partial charge on any atom is 0.134 e. The van der Waals surface area contributed by atoms with E-state index in [4.69, 9.17) is 17.3 Å². The van der Waals surface area contributed by atoms with E-state index < -0.39 is 0 Å². The van der Waals surface area contributed by atoms with Crippen molar-refractivity contribution in [1.29, 1.82) is 0 Å². The van der Waals surface area contributed by atoms with Crippen LogP contribution in [0.2, 0.25) is 5.02 Å². The third kappa shape index (κ3) is 3.35. The lowest BCUT2D eigenvalue weighted by atomic mass is 10.0. The Kier molecular flexibility index (Phi) is 5.73. The van der Waals surface area contributed by atoms with Gasteiger partial charge in [0.15, 0.2) is 0 Å². The van der Waals surface area contributed by atoms with Crippen LogP contribution in [0.4, 0.5) is 0 Å². The molecule has 0 fully saturated rings. The Balaban J connectivity index is 3.19. The van der Waals surface area contributed by atoms with Gasteiger partial charge in [0, 0.05) is 17.1 Å². The van der Waals surface area contributed by atoms with Crippen LogP contribution in [0.3, 0.4) is 0 Å². The van der Waals surface area contributed by atoms with Gasteiger partial charge < -0.3 is 10.8 Å². The first kappa shape index (κ1) is 14.8. The maximum atomic E-state index is 10.1. The number of rotatable bonds is 5. The van der Waals surface area contributed by atoms with Gasteiger partial charge in [0.2, 0.25) is 0 Å². The molecule has 0 amide bonds. The summed E-state index contributed by atoms with van der Waals surface area (Å²) in [4.78, 5) is 2.19. The zero-order valence-corrected chi connectivity index (χ0v) is 12.4. The molecule has 3 nitrogen and oxygen atoms in total. The summed E-state index contributed by atoms with van der Waals surface area (Å²) in [5.41, 5.74) is 6.59. The Labute approximate surface area is 116 Å². The minimum atomic E-state index is -0.0139. The molecule has 0 aliphatic rings. The number of nitrogens with two attached hydrogens (primary N) is 1. The standard InChI is InChI=1S/C12H18BrClN2O/c1-3-16(4-2)11(7-15)9-5-8(14)6-10(13)12(9)17/h5-6,11,17H,3-4,7,15H2,1-2H3. The van der Waals surface area contributed by atoms with E-state index in [0.717, 1.165) is 18.7 Å². The van der Waals surface area contributed by atoms with E-state index in [1.165, 1.54) is 0 Å². The first-order chi connectivity index (χ1) is 8.04. The summed E-state index contributed by atoms with van der Waals surface area (Å²) in [5, 5.41) is 10.7. The van der Waals surface area contributed by atoms with Crippen LogP contribution in [-0.2, 0) is 0 Å². The highest BCUT2D eigenvalue weighted by atomic mass is 79.9. The highest BCUT2D eigenvalue weighted by Crippen LogP contribution is 2.36. The molecule has 0 bridgehead atoms. The predicted molar refractivity (Wildman–Crippen MR) is 75.5 cm³/mol. The summed E-state index contributed by atoms with van der Waals surface area (Å²) in [5.74, 6) is 0.219. The molecule has 0 spiro atoms. The zero-order valence-electron chi connectivity index (χ0n) is 10.1. The third-order valence-corrected chi connectivity index (χ3v) is 3.72. The minimum absolute atomic E-state index is 0.0139. The summed E-state index contributed by atoms with van der Waals surface area (Å²) >= 11 is 9.31. The van der Waals surface area contributed by atoms with Gasteiger partial charge in [-0.25, -0.2) is 0 Å². The van der Waals surface area contributed by atoms with E-state index >= 15 is 0 Å². The molecular formula is C12H18BrClN2O. The lowest BCUT2D eigenvalue weighted by molar-refractivity contribution is 0.220. The highest BCUT2D eigenvalue weighted by molar-refractivity contribution is 9.10.